The molecule has 0 amide bonds. The first-order valence-electron chi connectivity index (χ1n) is 2.80. The fraction of sp³-hybridized carbons (Fsp3) is 0.667. The molecular formula is C3H7ClN6O. The molecule has 7 nitrogen and oxygen atoms in total. The Hall–Kier alpha value is -0.760. The third kappa shape index (κ3) is 2.09. The van der Waals surface area contributed by atoms with Gasteiger partial charge in [0.05, 0.1) is 0 Å². The Labute approximate surface area is 67.3 Å². The van der Waals surface area contributed by atoms with E-state index in [1.807, 2.05) is 0 Å². The van der Waals surface area contributed by atoms with Gasteiger partial charge in [-0.3, -0.25) is 5.84 Å². The Bertz CT molecular complexity index is 183. The highest BCUT2D eigenvalue weighted by Crippen LogP contribution is 1.98. The SMILES string of the molecule is NNC1NC(N=O)=NC(Cl)N1. The van der Waals surface area contributed by atoms with Crippen molar-refractivity contribution in [1.82, 2.24) is 16.1 Å². The number of guanidine groups is 1. The lowest BCUT2D eigenvalue weighted by molar-refractivity contribution is 0.381. The number of hydrazine groups is 1. The number of halogens is 1. The van der Waals surface area contributed by atoms with Crippen LogP contribution in [0.2, 0.25) is 0 Å². The summed E-state index contributed by atoms with van der Waals surface area (Å²) in [5, 5.41) is 7.75. The summed E-state index contributed by atoms with van der Waals surface area (Å²) in [6.07, 6.45) is -0.484. The number of nitroso groups, excluding NO2 is 1. The summed E-state index contributed by atoms with van der Waals surface area (Å²) in [5.41, 5.74) is 1.62. The first kappa shape index (κ1) is 8.34. The zero-order valence-corrected chi connectivity index (χ0v) is 6.17. The van der Waals surface area contributed by atoms with Crippen LogP contribution in [0.15, 0.2) is 10.2 Å². The van der Waals surface area contributed by atoms with Crippen LogP contribution in [0.3, 0.4) is 0 Å². The van der Waals surface area contributed by atoms with Gasteiger partial charge in [0.15, 0.2) is 5.62 Å². The van der Waals surface area contributed by atoms with Crippen LogP contribution in [0.4, 0.5) is 0 Å². The van der Waals surface area contributed by atoms with Crippen LogP contribution >= 0.6 is 11.6 Å². The largest absolute Gasteiger partial charge is 0.323 e. The Morgan fingerprint density at radius 3 is 3.09 bits per heavy atom. The average Bonchev–Trinajstić information content (AvgIpc) is 2.03. The number of hydrogen-bond acceptors (Lipinski definition) is 7. The summed E-state index contributed by atoms with van der Waals surface area (Å²) in [5.74, 6) is 4.97. The van der Waals surface area contributed by atoms with Crippen LogP contribution in [0.1, 0.15) is 0 Å². The van der Waals surface area contributed by atoms with Crippen molar-refractivity contribution in [3.63, 3.8) is 0 Å². The molecule has 11 heavy (non-hydrogen) atoms. The average molecular weight is 179 g/mol. The van der Waals surface area contributed by atoms with Gasteiger partial charge in [0.25, 0.3) is 5.96 Å². The molecule has 2 atom stereocenters. The first-order valence-corrected chi connectivity index (χ1v) is 3.24. The van der Waals surface area contributed by atoms with Crippen molar-refractivity contribution in [2.24, 2.45) is 16.0 Å². The van der Waals surface area contributed by atoms with Gasteiger partial charge in [0.2, 0.25) is 0 Å². The van der Waals surface area contributed by atoms with E-state index in [4.69, 9.17) is 17.4 Å². The van der Waals surface area contributed by atoms with E-state index < -0.39 is 11.9 Å². The molecule has 0 aromatic heterocycles. The second-order valence-corrected chi connectivity index (χ2v) is 2.20. The van der Waals surface area contributed by atoms with Crippen molar-refractivity contribution in [2.45, 2.75) is 11.9 Å². The second-order valence-electron chi connectivity index (χ2n) is 1.79. The van der Waals surface area contributed by atoms with Crippen LogP contribution in [0.25, 0.3) is 0 Å². The van der Waals surface area contributed by atoms with E-state index >= 15 is 0 Å². The zero-order chi connectivity index (χ0) is 8.27. The molecule has 1 rings (SSSR count). The van der Waals surface area contributed by atoms with Gasteiger partial charge < -0.3 is 5.32 Å². The third-order valence-corrected chi connectivity index (χ3v) is 1.29. The highest BCUT2D eigenvalue weighted by molar-refractivity contribution is 6.20. The third-order valence-electron chi connectivity index (χ3n) is 1.07. The summed E-state index contributed by atoms with van der Waals surface area (Å²) in [6, 6.07) is 0. The molecule has 2 unspecified atom stereocenters. The van der Waals surface area contributed by atoms with Gasteiger partial charge in [-0.15, -0.1) is 4.91 Å². The van der Waals surface area contributed by atoms with E-state index in [9.17, 15) is 4.91 Å². The molecular weight excluding hydrogens is 172 g/mol. The lowest BCUT2D eigenvalue weighted by atomic mass is 10.7. The number of nitrogens with zero attached hydrogens (tertiary/aromatic N) is 2. The summed E-state index contributed by atoms with van der Waals surface area (Å²) < 4.78 is 0. The van der Waals surface area contributed by atoms with E-state index in [1.165, 1.54) is 0 Å². The predicted octanol–water partition coefficient (Wildman–Crippen LogP) is -1.43. The van der Waals surface area contributed by atoms with Gasteiger partial charge in [-0.2, -0.15) is 0 Å². The molecule has 62 valence electrons. The van der Waals surface area contributed by atoms with E-state index in [-0.39, 0.29) is 5.96 Å². The molecule has 1 aliphatic rings. The Kier molecular flexibility index (Phi) is 2.71. The molecule has 0 saturated carbocycles. The fourth-order valence-electron chi connectivity index (χ4n) is 0.630. The Balaban J connectivity index is 2.61. The van der Waals surface area contributed by atoms with Crippen LogP contribution in [-0.4, -0.2) is 17.9 Å². The summed E-state index contributed by atoms with van der Waals surface area (Å²) >= 11 is 5.53. The molecule has 0 fully saturated rings. The van der Waals surface area contributed by atoms with Crippen LogP contribution < -0.4 is 21.9 Å². The molecule has 0 spiro atoms. The smallest absolute Gasteiger partial charge is 0.265 e. The number of rotatable bonds is 1. The van der Waals surface area contributed by atoms with Crippen molar-refractivity contribution in [3.05, 3.63) is 4.91 Å². The molecule has 1 aliphatic heterocycles. The highest BCUT2D eigenvalue weighted by atomic mass is 35.5. The zero-order valence-electron chi connectivity index (χ0n) is 5.41. The molecule has 0 aliphatic carbocycles. The molecule has 0 aromatic rings. The van der Waals surface area contributed by atoms with Crippen molar-refractivity contribution >= 4 is 17.6 Å². The van der Waals surface area contributed by atoms with Crippen molar-refractivity contribution in [3.8, 4) is 0 Å². The number of aliphatic imine (C=N–C) groups is 1. The van der Waals surface area contributed by atoms with E-state index in [1.54, 1.807) is 0 Å². The maximum atomic E-state index is 9.97. The Morgan fingerprint density at radius 2 is 2.55 bits per heavy atom. The number of nitrogens with one attached hydrogen (secondary N) is 3. The van der Waals surface area contributed by atoms with Crippen molar-refractivity contribution in [2.75, 3.05) is 0 Å². The van der Waals surface area contributed by atoms with Gasteiger partial charge in [-0.05, 0) is 0 Å². The van der Waals surface area contributed by atoms with E-state index in [2.05, 4.69) is 26.2 Å². The normalized spacial score (nSPS) is 30.5. The predicted molar refractivity (Wildman–Crippen MR) is 40.3 cm³/mol. The summed E-state index contributed by atoms with van der Waals surface area (Å²) in [7, 11) is 0. The van der Waals surface area contributed by atoms with E-state index in [0.29, 0.717) is 0 Å². The quantitative estimate of drug-likeness (QED) is 0.130. The lowest BCUT2D eigenvalue weighted by Gasteiger charge is -2.24. The van der Waals surface area contributed by atoms with Crippen LogP contribution in [-0.2, 0) is 0 Å². The number of hydrogen-bond donors (Lipinski definition) is 4. The molecule has 0 radical (unpaired) electrons. The molecule has 5 N–H and O–H groups in total. The minimum atomic E-state index is -0.690. The molecule has 0 bridgehead atoms. The molecule has 8 heteroatoms. The van der Waals surface area contributed by atoms with Gasteiger partial charge in [-0.1, -0.05) is 11.6 Å². The first-order chi connectivity index (χ1) is 5.26. The summed E-state index contributed by atoms with van der Waals surface area (Å²) in [6.45, 7) is 0. The number of alkyl halides is 1. The van der Waals surface area contributed by atoms with Gasteiger partial charge in [0, 0.05) is 5.18 Å². The maximum Gasteiger partial charge on any atom is 0.265 e. The lowest BCUT2D eigenvalue weighted by Crippen LogP contribution is -2.61. The second kappa shape index (κ2) is 3.58. The maximum absolute atomic E-state index is 9.97. The van der Waals surface area contributed by atoms with Gasteiger partial charge in [0.1, 0.15) is 6.29 Å². The summed E-state index contributed by atoms with van der Waals surface area (Å²) in [4.78, 5) is 13.6. The standard InChI is InChI=1S/C3H7ClN6O/c4-1-6-2(9-5)8-3(7-1)10-11/h1-2,6,9H,5H2,(H,7,8). The monoisotopic (exact) mass is 178 g/mol. The Morgan fingerprint density at radius 1 is 1.82 bits per heavy atom. The molecule has 1 heterocycles. The molecule has 0 aromatic carbocycles. The number of nitrogens with two attached hydrogens (primary N) is 1. The minimum absolute atomic E-state index is 0.0771. The fourth-order valence-corrected chi connectivity index (χ4v) is 0.848. The van der Waals surface area contributed by atoms with Gasteiger partial charge >= 0.3 is 0 Å². The van der Waals surface area contributed by atoms with Gasteiger partial charge in [-0.25, -0.2) is 15.7 Å². The van der Waals surface area contributed by atoms with Crippen molar-refractivity contribution < 1.29 is 0 Å². The minimum Gasteiger partial charge on any atom is -0.323 e. The van der Waals surface area contributed by atoms with Crippen molar-refractivity contribution in [1.29, 1.82) is 0 Å². The molecule has 0 saturated heterocycles. The van der Waals surface area contributed by atoms with Crippen LogP contribution in [0.5, 0.6) is 0 Å². The highest BCUT2D eigenvalue weighted by Gasteiger charge is 2.18. The topological polar surface area (TPSA) is 104 Å². The van der Waals surface area contributed by atoms with Crippen LogP contribution in [0, 0.1) is 4.91 Å². The van der Waals surface area contributed by atoms with E-state index in [0.717, 1.165) is 0 Å².